The number of likely N-dealkylation sites (tertiary alicyclic amines) is 1. The number of hydrogen-bond acceptors (Lipinski definition) is 3. The average molecular weight is 268 g/mol. The Labute approximate surface area is 116 Å². The van der Waals surface area contributed by atoms with Crippen LogP contribution in [0.1, 0.15) is 52.4 Å². The molecule has 2 rings (SSSR count). The molecule has 2 fully saturated rings. The van der Waals surface area contributed by atoms with Crippen LogP contribution < -0.4 is 5.32 Å². The summed E-state index contributed by atoms with van der Waals surface area (Å²) in [5.74, 6) is 0.0997. The zero-order valence-corrected chi connectivity index (χ0v) is 12.3. The molecule has 0 aromatic heterocycles. The average Bonchev–Trinajstić information content (AvgIpc) is 2.37. The topological polar surface area (TPSA) is 52.6 Å². The Bertz CT molecular complexity index is 305. The van der Waals surface area contributed by atoms with Gasteiger partial charge in [-0.15, -0.1) is 0 Å². The van der Waals surface area contributed by atoms with E-state index in [0.717, 1.165) is 12.5 Å². The van der Waals surface area contributed by atoms with Crippen LogP contribution in [0.25, 0.3) is 0 Å². The molecule has 1 heterocycles. The van der Waals surface area contributed by atoms with Gasteiger partial charge in [-0.3, -0.25) is 9.69 Å². The number of hydrogen-bond donors (Lipinski definition) is 2. The highest BCUT2D eigenvalue weighted by atomic mass is 16.4. The van der Waals surface area contributed by atoms with Gasteiger partial charge in [-0.05, 0) is 38.1 Å². The SMILES string of the molecule is CC(C)NC(CN1CCCC2CCCCC21)C(=O)O. The van der Waals surface area contributed by atoms with E-state index in [1.54, 1.807) is 0 Å². The van der Waals surface area contributed by atoms with Gasteiger partial charge < -0.3 is 10.4 Å². The molecule has 3 unspecified atom stereocenters. The third kappa shape index (κ3) is 3.93. The van der Waals surface area contributed by atoms with Gasteiger partial charge in [0, 0.05) is 18.6 Å². The number of fused-ring (bicyclic) bond motifs is 1. The summed E-state index contributed by atoms with van der Waals surface area (Å²) in [5.41, 5.74) is 0. The van der Waals surface area contributed by atoms with E-state index in [2.05, 4.69) is 10.2 Å². The van der Waals surface area contributed by atoms with Gasteiger partial charge in [0.15, 0.2) is 0 Å². The van der Waals surface area contributed by atoms with E-state index in [-0.39, 0.29) is 6.04 Å². The van der Waals surface area contributed by atoms with E-state index in [9.17, 15) is 9.90 Å². The van der Waals surface area contributed by atoms with Crippen molar-refractivity contribution in [1.29, 1.82) is 0 Å². The zero-order chi connectivity index (χ0) is 13.8. The molecule has 2 N–H and O–H groups in total. The lowest BCUT2D eigenvalue weighted by Gasteiger charge is -2.45. The summed E-state index contributed by atoms with van der Waals surface area (Å²) >= 11 is 0. The van der Waals surface area contributed by atoms with Crippen molar-refractivity contribution in [2.45, 2.75) is 70.5 Å². The van der Waals surface area contributed by atoms with Crippen LogP contribution >= 0.6 is 0 Å². The van der Waals surface area contributed by atoms with E-state index >= 15 is 0 Å². The lowest BCUT2D eigenvalue weighted by Crippen LogP contribution is -2.54. The summed E-state index contributed by atoms with van der Waals surface area (Å²) in [7, 11) is 0. The smallest absolute Gasteiger partial charge is 0.322 e. The van der Waals surface area contributed by atoms with Crippen LogP contribution in [-0.4, -0.2) is 47.2 Å². The van der Waals surface area contributed by atoms with Crippen molar-refractivity contribution in [1.82, 2.24) is 10.2 Å². The predicted octanol–water partition coefficient (Wildman–Crippen LogP) is 2.09. The molecule has 0 aromatic rings. The second kappa shape index (κ2) is 6.71. The van der Waals surface area contributed by atoms with Crippen LogP contribution in [0.15, 0.2) is 0 Å². The quantitative estimate of drug-likeness (QED) is 0.801. The fourth-order valence-corrected chi connectivity index (χ4v) is 3.79. The Morgan fingerprint density at radius 2 is 1.95 bits per heavy atom. The molecule has 4 nitrogen and oxygen atoms in total. The first-order chi connectivity index (χ1) is 9.08. The molecule has 110 valence electrons. The van der Waals surface area contributed by atoms with Crippen LogP contribution in [-0.2, 0) is 4.79 Å². The summed E-state index contributed by atoms with van der Waals surface area (Å²) < 4.78 is 0. The summed E-state index contributed by atoms with van der Waals surface area (Å²) in [4.78, 5) is 13.8. The van der Waals surface area contributed by atoms with Crippen LogP contribution in [0.3, 0.4) is 0 Å². The first kappa shape index (κ1) is 14.8. The Kier molecular flexibility index (Phi) is 5.22. The number of nitrogens with zero attached hydrogens (tertiary/aromatic N) is 1. The van der Waals surface area contributed by atoms with Gasteiger partial charge in [-0.1, -0.05) is 26.7 Å². The van der Waals surface area contributed by atoms with Crippen LogP contribution in [0, 0.1) is 5.92 Å². The van der Waals surface area contributed by atoms with Crippen molar-refractivity contribution < 1.29 is 9.90 Å². The molecule has 0 amide bonds. The van der Waals surface area contributed by atoms with Crippen LogP contribution in [0.4, 0.5) is 0 Å². The Hall–Kier alpha value is -0.610. The van der Waals surface area contributed by atoms with E-state index in [1.807, 2.05) is 13.8 Å². The van der Waals surface area contributed by atoms with Crippen molar-refractivity contribution >= 4 is 5.97 Å². The highest BCUT2D eigenvalue weighted by molar-refractivity contribution is 5.73. The lowest BCUT2D eigenvalue weighted by molar-refractivity contribution is -0.140. The Morgan fingerprint density at radius 1 is 1.26 bits per heavy atom. The minimum absolute atomic E-state index is 0.216. The van der Waals surface area contributed by atoms with Crippen LogP contribution in [0.2, 0.25) is 0 Å². The van der Waals surface area contributed by atoms with Gasteiger partial charge >= 0.3 is 5.97 Å². The van der Waals surface area contributed by atoms with Gasteiger partial charge in [0.1, 0.15) is 6.04 Å². The van der Waals surface area contributed by atoms with E-state index in [4.69, 9.17) is 0 Å². The normalized spacial score (nSPS) is 30.1. The van der Waals surface area contributed by atoms with Gasteiger partial charge in [0.2, 0.25) is 0 Å². The molecule has 3 atom stereocenters. The third-order valence-corrected chi connectivity index (χ3v) is 4.61. The molecule has 1 saturated carbocycles. The number of nitrogens with one attached hydrogen (secondary N) is 1. The minimum Gasteiger partial charge on any atom is -0.480 e. The Balaban J connectivity index is 1.96. The third-order valence-electron chi connectivity index (χ3n) is 4.61. The first-order valence-corrected chi connectivity index (χ1v) is 7.81. The molecule has 19 heavy (non-hydrogen) atoms. The van der Waals surface area contributed by atoms with Gasteiger partial charge in [-0.25, -0.2) is 0 Å². The predicted molar refractivity (Wildman–Crippen MR) is 76.2 cm³/mol. The molecule has 0 aromatic carbocycles. The fourth-order valence-electron chi connectivity index (χ4n) is 3.79. The highest BCUT2D eigenvalue weighted by Crippen LogP contribution is 2.35. The zero-order valence-electron chi connectivity index (χ0n) is 12.3. The number of aliphatic carboxylic acids is 1. The number of rotatable bonds is 5. The number of carbonyl (C=O) groups is 1. The van der Waals surface area contributed by atoms with Crippen LogP contribution in [0.5, 0.6) is 0 Å². The summed E-state index contributed by atoms with van der Waals surface area (Å²) in [6.07, 6.45) is 7.86. The number of carboxylic acid groups (broad SMARTS) is 1. The second-order valence-corrected chi connectivity index (χ2v) is 6.46. The molecular formula is C15H28N2O2. The number of piperidine rings is 1. The van der Waals surface area contributed by atoms with Gasteiger partial charge in [0.05, 0.1) is 0 Å². The lowest BCUT2D eigenvalue weighted by atomic mass is 9.78. The molecule has 0 spiro atoms. The van der Waals surface area contributed by atoms with Crippen molar-refractivity contribution in [3.05, 3.63) is 0 Å². The molecule has 4 heteroatoms. The van der Waals surface area contributed by atoms with Gasteiger partial charge in [0.25, 0.3) is 0 Å². The Morgan fingerprint density at radius 3 is 2.63 bits per heavy atom. The van der Waals surface area contributed by atoms with Crippen molar-refractivity contribution in [3.8, 4) is 0 Å². The molecule has 1 saturated heterocycles. The molecular weight excluding hydrogens is 240 g/mol. The second-order valence-electron chi connectivity index (χ2n) is 6.46. The molecule has 0 radical (unpaired) electrons. The fraction of sp³-hybridized carbons (Fsp3) is 0.933. The van der Waals surface area contributed by atoms with E-state index in [0.29, 0.717) is 12.6 Å². The maximum absolute atomic E-state index is 11.4. The van der Waals surface area contributed by atoms with Crippen molar-refractivity contribution in [2.75, 3.05) is 13.1 Å². The van der Waals surface area contributed by atoms with Gasteiger partial charge in [-0.2, -0.15) is 0 Å². The highest BCUT2D eigenvalue weighted by Gasteiger charge is 2.35. The maximum Gasteiger partial charge on any atom is 0.322 e. The summed E-state index contributed by atoms with van der Waals surface area (Å²) in [5, 5.41) is 12.5. The summed E-state index contributed by atoms with van der Waals surface area (Å²) in [6.45, 7) is 5.75. The minimum atomic E-state index is -0.716. The standard InChI is InChI=1S/C15H28N2O2/c1-11(2)16-13(15(18)19)10-17-9-5-7-12-6-3-4-8-14(12)17/h11-14,16H,3-10H2,1-2H3,(H,18,19). The molecule has 1 aliphatic heterocycles. The molecule has 0 bridgehead atoms. The van der Waals surface area contributed by atoms with E-state index < -0.39 is 12.0 Å². The monoisotopic (exact) mass is 268 g/mol. The van der Waals surface area contributed by atoms with Crippen molar-refractivity contribution in [3.63, 3.8) is 0 Å². The first-order valence-electron chi connectivity index (χ1n) is 7.81. The number of carboxylic acids is 1. The van der Waals surface area contributed by atoms with Crippen molar-refractivity contribution in [2.24, 2.45) is 5.92 Å². The molecule has 1 aliphatic carbocycles. The maximum atomic E-state index is 11.4. The molecule has 2 aliphatic rings. The summed E-state index contributed by atoms with van der Waals surface area (Å²) in [6, 6.07) is 0.423. The largest absolute Gasteiger partial charge is 0.480 e. The van der Waals surface area contributed by atoms with E-state index in [1.165, 1.54) is 38.5 Å².